The van der Waals surface area contributed by atoms with E-state index in [9.17, 15) is 4.79 Å². The summed E-state index contributed by atoms with van der Waals surface area (Å²) in [6.07, 6.45) is 0. The minimum atomic E-state index is -0.448. The standard InChI is InChI=1S/C6H8N2OS.I2/c1-3-2-10-6(8)4(3)5(7)9;1-2/h2H,8H2,1H3,(H2,7,9);. The van der Waals surface area contributed by atoms with E-state index < -0.39 is 5.91 Å². The van der Waals surface area contributed by atoms with Crippen LogP contribution < -0.4 is 11.5 Å². The molecule has 3 nitrogen and oxygen atoms in total. The first kappa shape index (κ1) is 12.4. The van der Waals surface area contributed by atoms with Crippen molar-refractivity contribution in [3.63, 3.8) is 0 Å². The number of anilines is 1. The summed E-state index contributed by atoms with van der Waals surface area (Å²) in [5.41, 5.74) is 11.8. The lowest BCUT2D eigenvalue weighted by molar-refractivity contribution is 0.100. The second-order valence-corrected chi connectivity index (χ2v) is 2.93. The van der Waals surface area contributed by atoms with Crippen LogP contribution in [0.3, 0.4) is 0 Å². The predicted molar refractivity (Wildman–Crippen MR) is 70.0 cm³/mol. The van der Waals surface area contributed by atoms with Gasteiger partial charge in [-0.3, -0.25) is 4.79 Å². The Labute approximate surface area is 98.2 Å². The largest absolute Gasteiger partial charge is 0.390 e. The van der Waals surface area contributed by atoms with Crippen molar-refractivity contribution in [2.45, 2.75) is 6.92 Å². The van der Waals surface area contributed by atoms with Crippen molar-refractivity contribution in [2.24, 2.45) is 5.73 Å². The number of hydrogen-bond acceptors (Lipinski definition) is 3. The van der Waals surface area contributed by atoms with Crippen LogP contribution >= 0.6 is 48.6 Å². The molecule has 0 bridgehead atoms. The van der Waals surface area contributed by atoms with Gasteiger partial charge in [-0.25, -0.2) is 0 Å². The van der Waals surface area contributed by atoms with E-state index in [0.717, 1.165) is 5.56 Å². The molecule has 1 aromatic heterocycles. The van der Waals surface area contributed by atoms with Crippen LogP contribution in [0.5, 0.6) is 0 Å². The van der Waals surface area contributed by atoms with E-state index in [2.05, 4.69) is 37.2 Å². The molecular weight excluding hydrogens is 402 g/mol. The van der Waals surface area contributed by atoms with Gasteiger partial charge in [0, 0.05) is 37.2 Å². The lowest BCUT2D eigenvalue weighted by Gasteiger charge is -1.92. The molecule has 0 aliphatic carbocycles. The molecule has 1 heterocycles. The fraction of sp³-hybridized carbons (Fsp3) is 0.167. The van der Waals surface area contributed by atoms with Crippen molar-refractivity contribution in [3.05, 3.63) is 16.5 Å². The van der Waals surface area contributed by atoms with Crippen LogP contribution in [-0.2, 0) is 0 Å². The van der Waals surface area contributed by atoms with Gasteiger partial charge in [-0.15, -0.1) is 11.3 Å². The average molecular weight is 410 g/mol. The van der Waals surface area contributed by atoms with Gasteiger partial charge in [0.05, 0.1) is 10.6 Å². The summed E-state index contributed by atoms with van der Waals surface area (Å²) in [6.45, 7) is 1.81. The molecule has 1 aromatic rings. The zero-order valence-corrected chi connectivity index (χ0v) is 11.4. The van der Waals surface area contributed by atoms with E-state index in [1.807, 2.05) is 12.3 Å². The molecule has 0 aromatic carbocycles. The lowest BCUT2D eigenvalue weighted by Crippen LogP contribution is -2.12. The van der Waals surface area contributed by atoms with Crippen LogP contribution in [0.25, 0.3) is 0 Å². The molecule has 0 fully saturated rings. The predicted octanol–water partition coefficient (Wildman–Crippen LogP) is 2.51. The van der Waals surface area contributed by atoms with E-state index in [1.165, 1.54) is 11.3 Å². The lowest BCUT2D eigenvalue weighted by atomic mass is 10.2. The highest BCUT2D eigenvalue weighted by Crippen LogP contribution is 2.23. The molecule has 68 valence electrons. The number of amides is 1. The first-order valence-electron chi connectivity index (χ1n) is 2.90. The zero-order valence-electron chi connectivity index (χ0n) is 6.30. The molecule has 0 aliphatic heterocycles. The third kappa shape index (κ3) is 3.05. The second-order valence-electron chi connectivity index (χ2n) is 2.02. The van der Waals surface area contributed by atoms with E-state index in [4.69, 9.17) is 11.5 Å². The first-order valence-corrected chi connectivity index (χ1v) is 10.1. The Kier molecular flexibility index (Phi) is 6.19. The minimum Gasteiger partial charge on any atom is -0.390 e. The molecule has 0 aliphatic rings. The smallest absolute Gasteiger partial charge is 0.251 e. The Bertz CT molecular complexity index is 255. The van der Waals surface area contributed by atoms with E-state index in [0.29, 0.717) is 10.6 Å². The number of nitrogens with two attached hydrogens (primary N) is 2. The molecule has 0 radical (unpaired) electrons. The molecule has 1 rings (SSSR count). The Hall–Kier alpha value is 0.430. The minimum absolute atomic E-state index is 0.448. The van der Waals surface area contributed by atoms with Crippen LogP contribution in [-0.4, -0.2) is 5.91 Å². The Morgan fingerprint density at radius 2 is 2.08 bits per heavy atom. The molecule has 0 atom stereocenters. The first-order chi connectivity index (χ1) is 5.63. The summed E-state index contributed by atoms with van der Waals surface area (Å²) in [6, 6.07) is 0. The van der Waals surface area contributed by atoms with Gasteiger partial charge in [0.1, 0.15) is 0 Å². The van der Waals surface area contributed by atoms with Gasteiger partial charge in [0.25, 0.3) is 5.91 Å². The molecule has 0 spiro atoms. The van der Waals surface area contributed by atoms with E-state index in [-0.39, 0.29) is 0 Å². The molecule has 1 amide bonds. The van der Waals surface area contributed by atoms with Crippen molar-refractivity contribution >= 4 is 59.5 Å². The number of hydrogen-bond donors (Lipinski definition) is 2. The monoisotopic (exact) mass is 410 g/mol. The quantitative estimate of drug-likeness (QED) is 0.699. The van der Waals surface area contributed by atoms with Gasteiger partial charge in [0.15, 0.2) is 0 Å². The number of aryl methyl sites for hydroxylation is 1. The summed E-state index contributed by atoms with van der Waals surface area (Å²) >= 11 is 5.58. The highest BCUT2D eigenvalue weighted by Gasteiger charge is 2.09. The van der Waals surface area contributed by atoms with Crippen LogP contribution in [0.4, 0.5) is 5.00 Å². The van der Waals surface area contributed by atoms with Crippen molar-refractivity contribution in [3.8, 4) is 0 Å². The van der Waals surface area contributed by atoms with Gasteiger partial charge in [0.2, 0.25) is 0 Å². The Balaban J connectivity index is 0.000000561. The molecule has 4 N–H and O–H groups in total. The van der Waals surface area contributed by atoms with Gasteiger partial charge in [-0.2, -0.15) is 0 Å². The van der Waals surface area contributed by atoms with Gasteiger partial charge < -0.3 is 11.5 Å². The molecular formula is C6H8I2N2OS. The number of carbonyl (C=O) groups is 1. The summed E-state index contributed by atoms with van der Waals surface area (Å²) < 4.78 is 0. The number of halogens is 2. The normalized spacial score (nSPS) is 8.58. The number of thiophene rings is 1. The number of nitrogen functional groups attached to an aromatic ring is 1. The number of rotatable bonds is 1. The van der Waals surface area contributed by atoms with Crippen LogP contribution in [0.1, 0.15) is 15.9 Å². The van der Waals surface area contributed by atoms with Gasteiger partial charge in [-0.1, -0.05) is 0 Å². The zero-order chi connectivity index (χ0) is 9.72. The average Bonchev–Trinajstić information content (AvgIpc) is 2.35. The summed E-state index contributed by atoms with van der Waals surface area (Å²) in [5.74, 6) is -0.448. The highest BCUT2D eigenvalue weighted by atomic mass is 128. The van der Waals surface area contributed by atoms with E-state index in [1.54, 1.807) is 0 Å². The van der Waals surface area contributed by atoms with E-state index >= 15 is 0 Å². The topological polar surface area (TPSA) is 69.1 Å². The maximum atomic E-state index is 10.7. The number of carbonyl (C=O) groups excluding carboxylic acids is 1. The van der Waals surface area contributed by atoms with Crippen molar-refractivity contribution in [1.82, 2.24) is 0 Å². The SMILES string of the molecule is Cc1csc(N)c1C(N)=O.II. The maximum absolute atomic E-state index is 10.7. The summed E-state index contributed by atoms with van der Waals surface area (Å²) in [4.78, 5) is 10.7. The number of primary amides is 1. The molecule has 0 saturated heterocycles. The summed E-state index contributed by atoms with van der Waals surface area (Å²) in [7, 11) is 0. The Morgan fingerprint density at radius 1 is 1.58 bits per heavy atom. The third-order valence-electron chi connectivity index (χ3n) is 1.25. The van der Waals surface area contributed by atoms with Crippen molar-refractivity contribution in [2.75, 3.05) is 5.73 Å². The third-order valence-corrected chi connectivity index (χ3v) is 2.18. The van der Waals surface area contributed by atoms with Gasteiger partial charge in [-0.05, 0) is 17.9 Å². The van der Waals surface area contributed by atoms with Crippen LogP contribution in [0, 0.1) is 6.92 Å². The van der Waals surface area contributed by atoms with Crippen molar-refractivity contribution < 1.29 is 4.79 Å². The fourth-order valence-corrected chi connectivity index (χ4v) is 1.58. The molecule has 0 unspecified atom stereocenters. The summed E-state index contributed by atoms with van der Waals surface area (Å²) in [5, 5.41) is 2.32. The maximum Gasteiger partial charge on any atom is 0.251 e. The molecule has 0 saturated carbocycles. The van der Waals surface area contributed by atoms with Crippen LogP contribution in [0.2, 0.25) is 0 Å². The fourth-order valence-electron chi connectivity index (χ4n) is 0.780. The van der Waals surface area contributed by atoms with Gasteiger partial charge >= 0.3 is 0 Å². The van der Waals surface area contributed by atoms with Crippen LogP contribution in [0.15, 0.2) is 5.38 Å². The highest BCUT2D eigenvalue weighted by molar-refractivity contribution is 15.0. The molecule has 6 heteroatoms. The second kappa shape index (κ2) is 5.97. The molecule has 12 heavy (non-hydrogen) atoms. The Morgan fingerprint density at radius 3 is 2.25 bits per heavy atom. The van der Waals surface area contributed by atoms with Crippen molar-refractivity contribution in [1.29, 1.82) is 0 Å².